The van der Waals surface area contributed by atoms with E-state index in [1.54, 1.807) is 13.0 Å². The number of carbonyl (C=O) groups excluding carboxylic acids is 1. The van der Waals surface area contributed by atoms with Crippen molar-refractivity contribution in [1.29, 1.82) is 0 Å². The molecule has 3 rings (SSSR count). The first-order valence-electron chi connectivity index (χ1n) is 8.45. The number of amides is 1. The van der Waals surface area contributed by atoms with Crippen molar-refractivity contribution < 1.29 is 22.7 Å². The SMILES string of the molecule is CC1=CC=NC(Oc2ccc(F)nc2C)C1(C(N)=O)c1cccc(C(F)F)c1. The van der Waals surface area contributed by atoms with Gasteiger partial charge in [-0.3, -0.25) is 4.79 Å². The van der Waals surface area contributed by atoms with Crippen LogP contribution in [-0.2, 0) is 10.2 Å². The van der Waals surface area contributed by atoms with Gasteiger partial charge in [0.05, 0.1) is 5.69 Å². The lowest BCUT2D eigenvalue weighted by Gasteiger charge is -2.39. The number of aliphatic imine (C=N–C) groups is 1. The van der Waals surface area contributed by atoms with Gasteiger partial charge < -0.3 is 10.5 Å². The quantitative estimate of drug-likeness (QED) is 0.794. The summed E-state index contributed by atoms with van der Waals surface area (Å²) < 4.78 is 45.7. The zero-order valence-corrected chi connectivity index (χ0v) is 15.2. The number of dihydropyridines is 1. The highest BCUT2D eigenvalue weighted by Gasteiger charge is 2.51. The predicted octanol–water partition coefficient (Wildman–Crippen LogP) is 3.63. The number of aryl methyl sites for hydroxylation is 1. The molecule has 1 aliphatic rings. The Morgan fingerprint density at radius 1 is 1.25 bits per heavy atom. The number of rotatable bonds is 5. The van der Waals surface area contributed by atoms with Gasteiger partial charge in [-0.25, -0.2) is 18.8 Å². The van der Waals surface area contributed by atoms with E-state index in [0.717, 1.165) is 6.07 Å². The van der Waals surface area contributed by atoms with Gasteiger partial charge in [0.1, 0.15) is 5.75 Å². The Hall–Kier alpha value is -3.16. The highest BCUT2D eigenvalue weighted by atomic mass is 19.3. The van der Waals surface area contributed by atoms with Crippen LogP contribution in [0.5, 0.6) is 5.75 Å². The van der Waals surface area contributed by atoms with Crippen LogP contribution in [0.3, 0.4) is 0 Å². The number of hydrogen-bond donors (Lipinski definition) is 1. The summed E-state index contributed by atoms with van der Waals surface area (Å²) in [6.45, 7) is 3.19. The molecule has 0 fully saturated rings. The third-order valence-electron chi connectivity index (χ3n) is 4.76. The number of aromatic nitrogens is 1. The molecule has 0 spiro atoms. The molecule has 2 unspecified atom stereocenters. The number of primary amides is 1. The molecule has 1 amide bonds. The molecule has 8 heteroatoms. The monoisotopic (exact) mass is 389 g/mol. The first-order chi connectivity index (χ1) is 13.3. The average Bonchev–Trinajstić information content (AvgIpc) is 2.64. The molecule has 0 radical (unpaired) electrons. The van der Waals surface area contributed by atoms with Crippen LogP contribution in [0.25, 0.3) is 0 Å². The molecule has 0 aliphatic carbocycles. The fraction of sp³-hybridized carbons (Fsp3) is 0.250. The minimum atomic E-state index is -2.72. The maximum atomic E-state index is 13.3. The van der Waals surface area contributed by atoms with E-state index in [2.05, 4.69) is 9.98 Å². The van der Waals surface area contributed by atoms with Gasteiger partial charge in [-0.15, -0.1) is 0 Å². The van der Waals surface area contributed by atoms with Gasteiger partial charge in [0.15, 0.2) is 5.41 Å². The number of nitrogens with zero attached hydrogens (tertiary/aromatic N) is 2. The van der Waals surface area contributed by atoms with Crippen molar-refractivity contribution in [3.05, 3.63) is 70.8 Å². The van der Waals surface area contributed by atoms with Crippen LogP contribution in [0.4, 0.5) is 13.2 Å². The van der Waals surface area contributed by atoms with Crippen LogP contribution in [0.15, 0.2) is 53.0 Å². The molecule has 5 nitrogen and oxygen atoms in total. The Balaban J connectivity index is 2.15. The van der Waals surface area contributed by atoms with E-state index < -0.39 is 29.9 Å². The lowest BCUT2D eigenvalue weighted by atomic mass is 9.71. The van der Waals surface area contributed by atoms with Gasteiger partial charge in [0.25, 0.3) is 6.43 Å². The van der Waals surface area contributed by atoms with E-state index in [1.165, 1.54) is 43.5 Å². The van der Waals surface area contributed by atoms with Crippen LogP contribution in [0.2, 0.25) is 0 Å². The van der Waals surface area contributed by atoms with Crippen molar-refractivity contribution in [3.63, 3.8) is 0 Å². The van der Waals surface area contributed by atoms with E-state index in [4.69, 9.17) is 10.5 Å². The number of carbonyl (C=O) groups is 1. The predicted molar refractivity (Wildman–Crippen MR) is 97.9 cm³/mol. The van der Waals surface area contributed by atoms with Crippen molar-refractivity contribution >= 4 is 12.1 Å². The number of halogens is 3. The first kappa shape index (κ1) is 19.6. The molecule has 2 heterocycles. The van der Waals surface area contributed by atoms with E-state index >= 15 is 0 Å². The fourth-order valence-corrected chi connectivity index (χ4v) is 3.30. The number of alkyl halides is 2. The molecule has 2 aromatic rings. The van der Waals surface area contributed by atoms with Crippen LogP contribution in [0.1, 0.15) is 30.2 Å². The third-order valence-corrected chi connectivity index (χ3v) is 4.76. The second kappa shape index (κ2) is 7.46. The van der Waals surface area contributed by atoms with Gasteiger partial charge in [-0.1, -0.05) is 18.2 Å². The molecule has 2 N–H and O–H groups in total. The van der Waals surface area contributed by atoms with Crippen LogP contribution in [0, 0.1) is 12.9 Å². The van der Waals surface area contributed by atoms with Crippen LogP contribution >= 0.6 is 0 Å². The molecule has 28 heavy (non-hydrogen) atoms. The van der Waals surface area contributed by atoms with Crippen molar-refractivity contribution in [1.82, 2.24) is 4.98 Å². The van der Waals surface area contributed by atoms with Gasteiger partial charge in [-0.2, -0.15) is 4.39 Å². The van der Waals surface area contributed by atoms with Crippen molar-refractivity contribution in [2.45, 2.75) is 31.9 Å². The van der Waals surface area contributed by atoms with Gasteiger partial charge in [0.2, 0.25) is 18.1 Å². The first-order valence-corrected chi connectivity index (χ1v) is 8.45. The number of allylic oxidation sites excluding steroid dienone is 1. The highest BCUT2D eigenvalue weighted by Crippen LogP contribution is 2.41. The Morgan fingerprint density at radius 3 is 2.64 bits per heavy atom. The number of nitrogens with two attached hydrogens (primary N) is 1. The van der Waals surface area contributed by atoms with Crippen LogP contribution < -0.4 is 10.5 Å². The largest absolute Gasteiger partial charge is 0.465 e. The summed E-state index contributed by atoms with van der Waals surface area (Å²) in [6, 6.07) is 7.91. The zero-order valence-electron chi connectivity index (χ0n) is 15.2. The molecular weight excluding hydrogens is 371 g/mol. The van der Waals surface area contributed by atoms with Gasteiger partial charge in [-0.05, 0) is 49.3 Å². The molecule has 0 saturated heterocycles. The Morgan fingerprint density at radius 2 is 2.00 bits per heavy atom. The highest BCUT2D eigenvalue weighted by molar-refractivity contribution is 5.94. The van der Waals surface area contributed by atoms with Gasteiger partial charge in [0, 0.05) is 11.8 Å². The molecule has 146 valence electrons. The van der Waals surface area contributed by atoms with E-state index in [9.17, 15) is 18.0 Å². The molecule has 2 atom stereocenters. The minimum Gasteiger partial charge on any atom is -0.465 e. The van der Waals surface area contributed by atoms with Gasteiger partial charge >= 0.3 is 0 Å². The Bertz CT molecular complexity index is 975. The van der Waals surface area contributed by atoms with Crippen molar-refractivity contribution in [2.24, 2.45) is 10.7 Å². The summed E-state index contributed by atoms with van der Waals surface area (Å²) in [4.78, 5) is 20.6. The summed E-state index contributed by atoms with van der Waals surface area (Å²) in [7, 11) is 0. The number of hydrogen-bond acceptors (Lipinski definition) is 4. The number of benzene rings is 1. The topological polar surface area (TPSA) is 77.6 Å². The normalized spacial score (nSPS) is 21.5. The van der Waals surface area contributed by atoms with Crippen molar-refractivity contribution in [2.75, 3.05) is 0 Å². The smallest absolute Gasteiger partial charge is 0.263 e. The second-order valence-electron chi connectivity index (χ2n) is 6.43. The van der Waals surface area contributed by atoms with E-state index in [0.29, 0.717) is 5.57 Å². The van der Waals surface area contributed by atoms with Crippen LogP contribution in [-0.4, -0.2) is 23.3 Å². The maximum Gasteiger partial charge on any atom is 0.263 e. The standard InChI is InChI=1S/C20H18F3N3O2/c1-11-8-9-25-19(28-15-6-7-16(21)26-12(15)2)20(11,18(24)27)14-5-3-4-13(10-14)17(22)23/h3-10,17,19H,1-2H3,(H2,24,27). The lowest BCUT2D eigenvalue weighted by molar-refractivity contribution is -0.125. The lowest BCUT2D eigenvalue weighted by Crippen LogP contribution is -2.54. The molecular formula is C20H18F3N3O2. The zero-order chi connectivity index (χ0) is 20.5. The molecule has 0 saturated carbocycles. The Labute approximate surface area is 159 Å². The van der Waals surface area contributed by atoms with E-state index in [1.807, 2.05) is 0 Å². The molecule has 1 aromatic carbocycles. The minimum absolute atomic E-state index is 0.203. The van der Waals surface area contributed by atoms with Crippen molar-refractivity contribution in [3.8, 4) is 5.75 Å². The second-order valence-corrected chi connectivity index (χ2v) is 6.43. The molecule has 1 aliphatic heterocycles. The third kappa shape index (κ3) is 3.26. The average molecular weight is 389 g/mol. The summed E-state index contributed by atoms with van der Waals surface area (Å²) >= 11 is 0. The summed E-state index contributed by atoms with van der Waals surface area (Å²) in [6.07, 6.45) is -0.863. The fourth-order valence-electron chi connectivity index (χ4n) is 3.30. The molecule has 0 bridgehead atoms. The summed E-state index contributed by atoms with van der Waals surface area (Å²) in [5, 5.41) is 0. The number of pyridine rings is 1. The summed E-state index contributed by atoms with van der Waals surface area (Å²) in [5.74, 6) is -1.28. The maximum absolute atomic E-state index is 13.3. The Kier molecular flexibility index (Phi) is 5.22. The summed E-state index contributed by atoms with van der Waals surface area (Å²) in [5.41, 5.74) is 4.87. The van der Waals surface area contributed by atoms with E-state index in [-0.39, 0.29) is 22.6 Å². The molecule has 1 aromatic heterocycles. The number of ether oxygens (including phenoxy) is 1.